The molecule has 4 nitrogen and oxygen atoms in total. The molecule has 0 atom stereocenters. The molecule has 1 rings (SSSR count). The fraction of sp³-hybridized carbons (Fsp3) is 0.875. The summed E-state index contributed by atoms with van der Waals surface area (Å²) in [5.74, 6) is 0. The predicted octanol–water partition coefficient (Wildman–Crippen LogP) is 0.611. The van der Waals surface area contributed by atoms with Gasteiger partial charge in [-0.1, -0.05) is 6.92 Å². The molecule has 0 aliphatic carbocycles. The maximum absolute atomic E-state index is 11.3. The van der Waals surface area contributed by atoms with Gasteiger partial charge in [-0.25, -0.2) is 4.79 Å². The second-order valence-corrected chi connectivity index (χ2v) is 3.36. The van der Waals surface area contributed by atoms with Crippen LogP contribution >= 0.6 is 0 Å². The molecule has 1 aliphatic rings. The van der Waals surface area contributed by atoms with Gasteiger partial charge in [0, 0.05) is 20.6 Å². The average Bonchev–Trinajstić information content (AvgIpc) is 2.01. The first-order valence-electron chi connectivity index (χ1n) is 4.33. The van der Waals surface area contributed by atoms with Crippen molar-refractivity contribution in [2.24, 2.45) is 0 Å². The van der Waals surface area contributed by atoms with Crippen LogP contribution in [0.5, 0.6) is 0 Å². The minimum absolute atomic E-state index is 0.113. The summed E-state index contributed by atoms with van der Waals surface area (Å²) in [7, 11) is 3.67. The van der Waals surface area contributed by atoms with E-state index in [1.807, 2.05) is 14.1 Å². The number of amides is 2. The van der Waals surface area contributed by atoms with Gasteiger partial charge >= 0.3 is 6.03 Å². The third-order valence-corrected chi connectivity index (χ3v) is 2.02. The zero-order valence-electron chi connectivity index (χ0n) is 8.08. The molecule has 0 saturated carbocycles. The standard InChI is InChI=1S/C8H17N3O/c1-4-5-11-6-9(2)8(12)10(3)7-11/h4-7H2,1-3H3. The van der Waals surface area contributed by atoms with E-state index in [1.54, 1.807) is 9.80 Å². The molecule has 0 N–H and O–H groups in total. The largest absolute Gasteiger partial charge is 0.321 e. The molecule has 0 bridgehead atoms. The highest BCUT2D eigenvalue weighted by molar-refractivity contribution is 5.74. The monoisotopic (exact) mass is 171 g/mol. The predicted molar refractivity (Wildman–Crippen MR) is 47.7 cm³/mol. The van der Waals surface area contributed by atoms with E-state index < -0.39 is 0 Å². The maximum Gasteiger partial charge on any atom is 0.321 e. The van der Waals surface area contributed by atoms with Crippen molar-refractivity contribution in [2.45, 2.75) is 13.3 Å². The van der Waals surface area contributed by atoms with Crippen LogP contribution in [0, 0.1) is 0 Å². The van der Waals surface area contributed by atoms with Gasteiger partial charge in [-0.05, 0) is 6.42 Å². The maximum atomic E-state index is 11.3. The molecular weight excluding hydrogens is 154 g/mol. The van der Waals surface area contributed by atoms with Crippen molar-refractivity contribution in [3.8, 4) is 0 Å². The van der Waals surface area contributed by atoms with Gasteiger partial charge < -0.3 is 9.80 Å². The van der Waals surface area contributed by atoms with Crippen LogP contribution in [0.1, 0.15) is 13.3 Å². The second kappa shape index (κ2) is 3.76. The molecule has 1 fully saturated rings. The van der Waals surface area contributed by atoms with Crippen LogP contribution in [0.2, 0.25) is 0 Å². The van der Waals surface area contributed by atoms with E-state index in [0.29, 0.717) is 0 Å². The zero-order valence-corrected chi connectivity index (χ0v) is 8.08. The number of carbonyl (C=O) groups is 1. The van der Waals surface area contributed by atoms with E-state index in [0.717, 1.165) is 26.3 Å². The highest BCUT2D eigenvalue weighted by Crippen LogP contribution is 2.05. The Kier molecular flexibility index (Phi) is 2.92. The molecule has 4 heteroatoms. The van der Waals surface area contributed by atoms with Crippen molar-refractivity contribution >= 4 is 6.03 Å². The number of hydrogen-bond donors (Lipinski definition) is 0. The smallest absolute Gasteiger partial charge is 0.315 e. The minimum Gasteiger partial charge on any atom is -0.315 e. The summed E-state index contributed by atoms with van der Waals surface area (Å²) in [6, 6.07) is 0.113. The summed E-state index contributed by atoms with van der Waals surface area (Å²) in [6.07, 6.45) is 1.13. The Morgan fingerprint density at radius 3 is 2.17 bits per heavy atom. The van der Waals surface area contributed by atoms with Crippen LogP contribution in [0.3, 0.4) is 0 Å². The lowest BCUT2D eigenvalue weighted by molar-refractivity contribution is 0.0556. The van der Waals surface area contributed by atoms with Gasteiger partial charge in [0.15, 0.2) is 0 Å². The summed E-state index contributed by atoms with van der Waals surface area (Å²) in [6.45, 7) is 4.73. The van der Waals surface area contributed by atoms with E-state index in [9.17, 15) is 4.79 Å². The number of nitrogens with zero attached hydrogens (tertiary/aromatic N) is 3. The zero-order chi connectivity index (χ0) is 9.14. The number of urea groups is 1. The van der Waals surface area contributed by atoms with Crippen molar-refractivity contribution in [1.29, 1.82) is 0 Å². The summed E-state index contributed by atoms with van der Waals surface area (Å²) in [4.78, 5) is 17.0. The topological polar surface area (TPSA) is 26.8 Å². The molecule has 12 heavy (non-hydrogen) atoms. The Morgan fingerprint density at radius 2 is 1.75 bits per heavy atom. The molecule has 0 aromatic rings. The average molecular weight is 171 g/mol. The lowest BCUT2D eigenvalue weighted by atomic mass is 10.4. The van der Waals surface area contributed by atoms with Crippen LogP contribution in [-0.4, -0.2) is 54.7 Å². The van der Waals surface area contributed by atoms with Crippen LogP contribution in [-0.2, 0) is 0 Å². The summed E-state index contributed by atoms with van der Waals surface area (Å²) >= 11 is 0. The van der Waals surface area contributed by atoms with E-state index >= 15 is 0 Å². The third kappa shape index (κ3) is 1.88. The fourth-order valence-electron chi connectivity index (χ4n) is 1.51. The molecule has 0 aromatic heterocycles. The first-order chi connectivity index (χ1) is 5.65. The summed E-state index contributed by atoms with van der Waals surface area (Å²) in [5.41, 5.74) is 0. The quantitative estimate of drug-likeness (QED) is 0.608. The molecule has 1 heterocycles. The lowest BCUT2D eigenvalue weighted by Gasteiger charge is -2.38. The molecule has 0 spiro atoms. The van der Waals surface area contributed by atoms with Crippen LogP contribution in [0.4, 0.5) is 4.79 Å². The molecule has 1 saturated heterocycles. The van der Waals surface area contributed by atoms with Gasteiger partial charge in [0.2, 0.25) is 0 Å². The number of rotatable bonds is 2. The molecule has 0 aromatic carbocycles. The Hall–Kier alpha value is -0.770. The van der Waals surface area contributed by atoms with Gasteiger partial charge in [0.25, 0.3) is 0 Å². The van der Waals surface area contributed by atoms with E-state index in [2.05, 4.69) is 11.8 Å². The summed E-state index contributed by atoms with van der Waals surface area (Å²) < 4.78 is 0. The molecule has 70 valence electrons. The summed E-state index contributed by atoms with van der Waals surface area (Å²) in [5, 5.41) is 0. The second-order valence-electron chi connectivity index (χ2n) is 3.36. The number of hydrogen-bond acceptors (Lipinski definition) is 2. The lowest BCUT2D eigenvalue weighted by Crippen LogP contribution is -2.55. The Labute approximate surface area is 73.7 Å². The van der Waals surface area contributed by atoms with Crippen molar-refractivity contribution < 1.29 is 4.79 Å². The van der Waals surface area contributed by atoms with Gasteiger partial charge in [0.05, 0.1) is 13.3 Å². The van der Waals surface area contributed by atoms with Crippen LogP contribution < -0.4 is 0 Å². The molecule has 0 unspecified atom stereocenters. The molecule has 2 amide bonds. The van der Waals surface area contributed by atoms with E-state index in [1.165, 1.54) is 0 Å². The normalized spacial score (nSPS) is 20.4. The van der Waals surface area contributed by atoms with Gasteiger partial charge in [0.1, 0.15) is 0 Å². The van der Waals surface area contributed by atoms with E-state index in [-0.39, 0.29) is 6.03 Å². The first-order valence-corrected chi connectivity index (χ1v) is 4.33. The van der Waals surface area contributed by atoms with Crippen molar-refractivity contribution in [3.63, 3.8) is 0 Å². The third-order valence-electron chi connectivity index (χ3n) is 2.02. The van der Waals surface area contributed by atoms with E-state index in [4.69, 9.17) is 0 Å². The van der Waals surface area contributed by atoms with Gasteiger partial charge in [-0.2, -0.15) is 0 Å². The molecule has 0 radical (unpaired) electrons. The molecular formula is C8H17N3O. The molecule has 1 aliphatic heterocycles. The van der Waals surface area contributed by atoms with Crippen molar-refractivity contribution in [3.05, 3.63) is 0 Å². The highest BCUT2D eigenvalue weighted by atomic mass is 16.2. The van der Waals surface area contributed by atoms with Gasteiger partial charge in [-0.15, -0.1) is 0 Å². The first kappa shape index (κ1) is 9.32. The number of carbonyl (C=O) groups excluding carboxylic acids is 1. The highest BCUT2D eigenvalue weighted by Gasteiger charge is 2.23. The minimum atomic E-state index is 0.113. The SMILES string of the molecule is CCCN1CN(C)C(=O)N(C)C1. The van der Waals surface area contributed by atoms with Crippen LogP contribution in [0.15, 0.2) is 0 Å². The Morgan fingerprint density at radius 1 is 1.25 bits per heavy atom. The van der Waals surface area contributed by atoms with Gasteiger partial charge in [-0.3, -0.25) is 4.90 Å². The fourth-order valence-corrected chi connectivity index (χ4v) is 1.51. The Bertz CT molecular complexity index is 158. The van der Waals surface area contributed by atoms with Crippen LogP contribution in [0.25, 0.3) is 0 Å². The van der Waals surface area contributed by atoms with Crippen molar-refractivity contribution in [2.75, 3.05) is 34.0 Å². The van der Waals surface area contributed by atoms with Crippen molar-refractivity contribution in [1.82, 2.24) is 14.7 Å². The Balaban J connectivity index is 2.47.